The molecule has 0 radical (unpaired) electrons. The van der Waals surface area contributed by atoms with Crippen molar-refractivity contribution in [2.24, 2.45) is 5.73 Å². The van der Waals surface area contributed by atoms with Crippen LogP contribution in [0.2, 0.25) is 0 Å². The highest BCUT2D eigenvalue weighted by atomic mass is 19.1. The summed E-state index contributed by atoms with van der Waals surface area (Å²) < 4.78 is 13.8. The highest BCUT2D eigenvalue weighted by Crippen LogP contribution is 2.12. The molecule has 1 aromatic carbocycles. The normalized spacial score (nSPS) is 9.50. The first kappa shape index (κ1) is 13.6. The van der Waals surface area contributed by atoms with Crippen molar-refractivity contribution in [2.75, 3.05) is 11.9 Å². The molecule has 0 saturated heterocycles. The number of amides is 1. The number of nitrogens with one attached hydrogen (secondary N) is 1. The van der Waals surface area contributed by atoms with Crippen LogP contribution in [0.1, 0.15) is 15.9 Å². The van der Waals surface area contributed by atoms with Crippen LogP contribution >= 0.6 is 0 Å². The van der Waals surface area contributed by atoms with Crippen LogP contribution in [0.3, 0.4) is 0 Å². The Morgan fingerprint density at radius 1 is 1.35 bits per heavy atom. The Hall–Kier alpha value is -2.78. The van der Waals surface area contributed by atoms with Gasteiger partial charge >= 0.3 is 0 Å². The van der Waals surface area contributed by atoms with Gasteiger partial charge in [-0.15, -0.1) is 0 Å². The highest BCUT2D eigenvalue weighted by Gasteiger charge is 2.12. The van der Waals surface area contributed by atoms with E-state index < -0.39 is 11.7 Å². The van der Waals surface area contributed by atoms with Crippen LogP contribution in [-0.2, 0) is 0 Å². The van der Waals surface area contributed by atoms with Gasteiger partial charge in [-0.3, -0.25) is 4.79 Å². The molecule has 0 saturated carbocycles. The molecule has 0 fully saturated rings. The van der Waals surface area contributed by atoms with E-state index in [2.05, 4.69) is 27.1 Å². The summed E-state index contributed by atoms with van der Waals surface area (Å²) in [5.74, 6) is 4.09. The quantitative estimate of drug-likeness (QED) is 0.803. The number of carbonyl (C=O) groups is 1. The number of hydrogen-bond donors (Lipinski definition) is 2. The maximum absolute atomic E-state index is 13.8. The average Bonchev–Trinajstić information content (AvgIpc) is 2.46. The maximum Gasteiger partial charge on any atom is 0.258 e. The summed E-state index contributed by atoms with van der Waals surface area (Å²) in [7, 11) is 0. The number of anilines is 1. The van der Waals surface area contributed by atoms with Gasteiger partial charge in [0.05, 0.1) is 30.2 Å². The number of nitrogens with zero attached hydrogens (tertiary/aromatic N) is 2. The fourth-order valence-corrected chi connectivity index (χ4v) is 1.49. The number of hydrogen-bond acceptors (Lipinski definition) is 4. The Morgan fingerprint density at radius 3 is 2.75 bits per heavy atom. The van der Waals surface area contributed by atoms with Crippen LogP contribution in [-0.4, -0.2) is 22.4 Å². The average molecular weight is 270 g/mol. The van der Waals surface area contributed by atoms with Crippen molar-refractivity contribution in [3.05, 3.63) is 53.9 Å². The molecule has 5 nitrogen and oxygen atoms in total. The van der Waals surface area contributed by atoms with Crippen LogP contribution in [0.15, 0.2) is 36.9 Å². The van der Waals surface area contributed by atoms with Crippen molar-refractivity contribution in [3.8, 4) is 11.8 Å². The zero-order valence-corrected chi connectivity index (χ0v) is 10.4. The Labute approximate surface area is 115 Å². The predicted molar refractivity (Wildman–Crippen MR) is 72.3 cm³/mol. The fourth-order valence-electron chi connectivity index (χ4n) is 1.49. The molecule has 3 N–H and O–H groups in total. The summed E-state index contributed by atoms with van der Waals surface area (Å²) in [5, 5.41) is 2.50. The number of benzene rings is 1. The van der Waals surface area contributed by atoms with Gasteiger partial charge in [-0.1, -0.05) is 11.8 Å². The van der Waals surface area contributed by atoms with E-state index in [-0.39, 0.29) is 12.1 Å². The third-order valence-electron chi connectivity index (χ3n) is 2.37. The van der Waals surface area contributed by atoms with E-state index in [1.54, 1.807) is 6.07 Å². The molecule has 20 heavy (non-hydrogen) atoms. The smallest absolute Gasteiger partial charge is 0.258 e. The third kappa shape index (κ3) is 3.37. The molecule has 2 rings (SSSR count). The molecule has 0 atom stereocenters. The minimum absolute atomic E-state index is 0.0767. The number of halogens is 1. The van der Waals surface area contributed by atoms with Gasteiger partial charge < -0.3 is 11.1 Å². The van der Waals surface area contributed by atoms with Crippen molar-refractivity contribution >= 4 is 11.6 Å². The molecule has 0 bridgehead atoms. The summed E-state index contributed by atoms with van der Waals surface area (Å²) >= 11 is 0. The molecule has 0 spiro atoms. The topological polar surface area (TPSA) is 80.9 Å². The second-order valence-electron chi connectivity index (χ2n) is 3.78. The highest BCUT2D eigenvalue weighted by molar-refractivity contribution is 6.04. The van der Waals surface area contributed by atoms with Crippen molar-refractivity contribution < 1.29 is 9.18 Å². The van der Waals surface area contributed by atoms with Gasteiger partial charge in [0.25, 0.3) is 5.91 Å². The second-order valence-corrected chi connectivity index (χ2v) is 3.78. The fraction of sp³-hybridized carbons (Fsp3) is 0.0714. The van der Waals surface area contributed by atoms with Crippen molar-refractivity contribution in [3.63, 3.8) is 0 Å². The SMILES string of the molecule is NCC#Cc1ccc(C(=O)Nc2cncnc2)c(F)c1. The molecular weight excluding hydrogens is 259 g/mol. The van der Waals surface area contributed by atoms with Crippen LogP contribution in [0.5, 0.6) is 0 Å². The zero-order valence-electron chi connectivity index (χ0n) is 10.4. The van der Waals surface area contributed by atoms with Crippen LogP contribution in [0.4, 0.5) is 10.1 Å². The molecule has 0 aliphatic rings. The third-order valence-corrected chi connectivity index (χ3v) is 2.37. The van der Waals surface area contributed by atoms with Gasteiger partial charge in [0.2, 0.25) is 0 Å². The van der Waals surface area contributed by atoms with Gasteiger partial charge in [-0.25, -0.2) is 14.4 Å². The minimum Gasteiger partial charge on any atom is -0.320 e. The molecule has 0 unspecified atom stereocenters. The van der Waals surface area contributed by atoms with E-state index in [0.29, 0.717) is 11.3 Å². The predicted octanol–water partition coefficient (Wildman–Crippen LogP) is 1.18. The molecule has 0 aliphatic carbocycles. The zero-order chi connectivity index (χ0) is 14.4. The van der Waals surface area contributed by atoms with E-state index >= 15 is 0 Å². The van der Waals surface area contributed by atoms with Crippen molar-refractivity contribution in [1.29, 1.82) is 0 Å². The molecule has 1 amide bonds. The molecule has 1 aromatic heterocycles. The molecule has 2 aromatic rings. The Morgan fingerprint density at radius 2 is 2.10 bits per heavy atom. The summed E-state index contributed by atoms with van der Waals surface area (Å²) in [6.45, 7) is 0.192. The van der Waals surface area contributed by atoms with Crippen molar-refractivity contribution in [1.82, 2.24) is 9.97 Å². The lowest BCUT2D eigenvalue weighted by Gasteiger charge is -2.05. The van der Waals surface area contributed by atoms with Crippen LogP contribution < -0.4 is 11.1 Å². The lowest BCUT2D eigenvalue weighted by molar-refractivity contribution is 0.102. The molecular formula is C14H11FN4O. The Bertz CT molecular complexity index is 677. The Kier molecular flexibility index (Phi) is 4.37. The first-order chi connectivity index (χ1) is 9.70. The molecule has 100 valence electrons. The standard InChI is InChI=1S/C14H11FN4O/c15-13-6-10(2-1-5-16)3-4-12(13)14(20)19-11-7-17-9-18-8-11/h3-4,6-9H,5,16H2,(H,19,20). The van der Waals surface area contributed by atoms with E-state index in [1.165, 1.54) is 30.9 Å². The summed E-state index contributed by atoms with van der Waals surface area (Å²) in [4.78, 5) is 19.4. The second kappa shape index (κ2) is 6.41. The van der Waals surface area contributed by atoms with Gasteiger partial charge in [0.1, 0.15) is 12.1 Å². The maximum atomic E-state index is 13.8. The van der Waals surface area contributed by atoms with Gasteiger partial charge in [-0.05, 0) is 18.2 Å². The monoisotopic (exact) mass is 270 g/mol. The van der Waals surface area contributed by atoms with E-state index in [9.17, 15) is 9.18 Å². The molecule has 6 heteroatoms. The van der Waals surface area contributed by atoms with Gasteiger partial charge in [0, 0.05) is 5.56 Å². The number of carbonyl (C=O) groups excluding carboxylic acids is 1. The summed E-state index contributed by atoms with van der Waals surface area (Å²) in [6.07, 6.45) is 4.18. The number of rotatable bonds is 2. The summed E-state index contributed by atoms with van der Waals surface area (Å²) in [5.41, 5.74) is 6.02. The van der Waals surface area contributed by atoms with Crippen molar-refractivity contribution in [2.45, 2.75) is 0 Å². The van der Waals surface area contributed by atoms with Gasteiger partial charge in [-0.2, -0.15) is 0 Å². The van der Waals surface area contributed by atoms with E-state index in [0.717, 1.165) is 0 Å². The largest absolute Gasteiger partial charge is 0.320 e. The lowest BCUT2D eigenvalue weighted by atomic mass is 10.1. The van der Waals surface area contributed by atoms with E-state index in [4.69, 9.17) is 5.73 Å². The molecule has 1 heterocycles. The first-order valence-electron chi connectivity index (χ1n) is 5.75. The van der Waals surface area contributed by atoms with E-state index in [1.807, 2.05) is 0 Å². The Balaban J connectivity index is 2.18. The van der Waals surface area contributed by atoms with Crippen LogP contribution in [0, 0.1) is 17.7 Å². The lowest BCUT2D eigenvalue weighted by Crippen LogP contribution is -2.14. The first-order valence-corrected chi connectivity index (χ1v) is 5.75. The van der Waals surface area contributed by atoms with Crippen LogP contribution in [0.25, 0.3) is 0 Å². The summed E-state index contributed by atoms with van der Waals surface area (Å²) in [6, 6.07) is 4.12. The number of aromatic nitrogens is 2. The minimum atomic E-state index is -0.650. The number of nitrogens with two attached hydrogens (primary N) is 1. The van der Waals surface area contributed by atoms with Gasteiger partial charge in [0.15, 0.2) is 0 Å². The molecule has 0 aliphatic heterocycles.